The summed E-state index contributed by atoms with van der Waals surface area (Å²) in [5.74, 6) is 0.610. The minimum atomic E-state index is 0.294. The molecule has 0 aliphatic carbocycles. The Balaban J connectivity index is 2.59. The van der Waals surface area contributed by atoms with Crippen molar-refractivity contribution < 1.29 is 4.74 Å². The number of hydrogen-bond acceptors (Lipinski definition) is 2. The van der Waals surface area contributed by atoms with Crippen molar-refractivity contribution in [3.8, 4) is 0 Å². The number of halogens is 1. The second kappa shape index (κ2) is 8.03. The van der Waals surface area contributed by atoms with Crippen LogP contribution in [0.15, 0.2) is 28.7 Å². The summed E-state index contributed by atoms with van der Waals surface area (Å²) >= 11 is 3.54. The first-order chi connectivity index (χ1) is 8.93. The second-order valence-corrected chi connectivity index (χ2v) is 7.01. The molecule has 0 aliphatic heterocycles. The lowest BCUT2D eigenvalue weighted by atomic mass is 9.77. The molecule has 1 unspecified atom stereocenters. The molecular formula is C16H26BrNO. The Morgan fingerprint density at radius 3 is 2.63 bits per heavy atom. The second-order valence-electron chi connectivity index (χ2n) is 6.09. The molecule has 0 aliphatic rings. The first kappa shape index (κ1) is 16.7. The molecule has 0 fully saturated rings. The fourth-order valence-corrected chi connectivity index (χ4v) is 2.53. The molecule has 0 aromatic heterocycles. The lowest BCUT2D eigenvalue weighted by molar-refractivity contribution is 0.186. The molecule has 0 spiro atoms. The average molecular weight is 328 g/mol. The Kier molecular flexibility index (Phi) is 7.05. The topological polar surface area (TPSA) is 21.3 Å². The SMILES string of the molecule is COCCNCC(Cc1cccc(Br)c1)C(C)(C)C. The van der Waals surface area contributed by atoms with Crippen LogP contribution >= 0.6 is 15.9 Å². The van der Waals surface area contributed by atoms with Crippen molar-refractivity contribution >= 4 is 15.9 Å². The van der Waals surface area contributed by atoms with E-state index in [-0.39, 0.29) is 0 Å². The lowest BCUT2D eigenvalue weighted by Crippen LogP contribution is -2.34. The standard InChI is InChI=1S/C16H26BrNO/c1-16(2,3)14(12-18-8-9-19-4)10-13-6-5-7-15(17)11-13/h5-7,11,14,18H,8-10,12H2,1-4H3. The Hall–Kier alpha value is -0.380. The van der Waals surface area contributed by atoms with Crippen LogP contribution in [-0.4, -0.2) is 26.8 Å². The van der Waals surface area contributed by atoms with Crippen LogP contribution in [0.25, 0.3) is 0 Å². The first-order valence-corrected chi connectivity index (χ1v) is 7.67. The molecule has 0 bridgehead atoms. The van der Waals surface area contributed by atoms with Gasteiger partial charge in [0.1, 0.15) is 0 Å². The molecular weight excluding hydrogens is 302 g/mol. The molecule has 1 N–H and O–H groups in total. The van der Waals surface area contributed by atoms with Gasteiger partial charge in [-0.05, 0) is 42.0 Å². The molecule has 0 radical (unpaired) electrons. The summed E-state index contributed by atoms with van der Waals surface area (Å²) < 4.78 is 6.23. The average Bonchev–Trinajstić information content (AvgIpc) is 2.32. The van der Waals surface area contributed by atoms with Gasteiger partial charge in [-0.2, -0.15) is 0 Å². The van der Waals surface area contributed by atoms with E-state index in [1.165, 1.54) is 5.56 Å². The van der Waals surface area contributed by atoms with Crippen LogP contribution in [0.1, 0.15) is 26.3 Å². The summed E-state index contributed by atoms with van der Waals surface area (Å²) in [5, 5.41) is 3.49. The van der Waals surface area contributed by atoms with Gasteiger partial charge in [0.05, 0.1) is 6.61 Å². The van der Waals surface area contributed by atoms with Crippen molar-refractivity contribution in [1.29, 1.82) is 0 Å². The number of hydrogen-bond donors (Lipinski definition) is 1. The van der Waals surface area contributed by atoms with E-state index in [2.05, 4.69) is 66.3 Å². The number of ether oxygens (including phenoxy) is 1. The van der Waals surface area contributed by atoms with Gasteiger partial charge in [-0.25, -0.2) is 0 Å². The van der Waals surface area contributed by atoms with Crippen molar-refractivity contribution in [2.45, 2.75) is 27.2 Å². The molecule has 1 atom stereocenters. The van der Waals surface area contributed by atoms with Gasteiger partial charge in [0.15, 0.2) is 0 Å². The third kappa shape index (κ3) is 6.55. The summed E-state index contributed by atoms with van der Waals surface area (Å²) in [6.45, 7) is 9.66. The summed E-state index contributed by atoms with van der Waals surface area (Å²) in [4.78, 5) is 0. The van der Waals surface area contributed by atoms with Crippen LogP contribution in [0.5, 0.6) is 0 Å². The first-order valence-electron chi connectivity index (χ1n) is 6.87. The molecule has 0 amide bonds. The van der Waals surface area contributed by atoms with Gasteiger partial charge in [0.25, 0.3) is 0 Å². The van der Waals surface area contributed by atoms with Crippen LogP contribution < -0.4 is 5.32 Å². The molecule has 0 saturated carbocycles. The maximum absolute atomic E-state index is 5.07. The Morgan fingerprint density at radius 2 is 2.05 bits per heavy atom. The van der Waals surface area contributed by atoms with E-state index in [0.717, 1.165) is 30.6 Å². The zero-order valence-electron chi connectivity index (χ0n) is 12.5. The van der Waals surface area contributed by atoms with Crippen LogP contribution in [0, 0.1) is 11.3 Å². The third-order valence-corrected chi connectivity index (χ3v) is 3.96. The summed E-state index contributed by atoms with van der Waals surface area (Å²) in [6.07, 6.45) is 1.10. The maximum atomic E-state index is 5.07. The Bertz CT molecular complexity index is 373. The van der Waals surface area contributed by atoms with Gasteiger partial charge in [-0.15, -0.1) is 0 Å². The summed E-state index contributed by atoms with van der Waals surface area (Å²) in [5.41, 5.74) is 1.69. The molecule has 3 heteroatoms. The highest BCUT2D eigenvalue weighted by molar-refractivity contribution is 9.10. The molecule has 108 valence electrons. The van der Waals surface area contributed by atoms with Crippen molar-refractivity contribution in [3.63, 3.8) is 0 Å². The van der Waals surface area contributed by atoms with E-state index in [1.807, 2.05) is 0 Å². The van der Waals surface area contributed by atoms with Crippen molar-refractivity contribution in [1.82, 2.24) is 5.32 Å². The molecule has 0 saturated heterocycles. The van der Waals surface area contributed by atoms with Gasteiger partial charge < -0.3 is 10.1 Å². The van der Waals surface area contributed by atoms with Gasteiger partial charge in [-0.1, -0.05) is 48.8 Å². The normalized spacial score (nSPS) is 13.5. The number of benzene rings is 1. The molecule has 0 heterocycles. The van der Waals surface area contributed by atoms with E-state index in [0.29, 0.717) is 11.3 Å². The van der Waals surface area contributed by atoms with E-state index < -0.39 is 0 Å². The number of nitrogens with one attached hydrogen (secondary N) is 1. The Labute approximate surface area is 126 Å². The quantitative estimate of drug-likeness (QED) is 0.767. The largest absolute Gasteiger partial charge is 0.383 e. The summed E-state index contributed by atoms with van der Waals surface area (Å²) in [7, 11) is 1.74. The third-order valence-electron chi connectivity index (χ3n) is 3.47. The highest BCUT2D eigenvalue weighted by atomic mass is 79.9. The summed E-state index contributed by atoms with van der Waals surface area (Å²) in [6, 6.07) is 8.61. The monoisotopic (exact) mass is 327 g/mol. The molecule has 1 aromatic carbocycles. The predicted molar refractivity (Wildman–Crippen MR) is 85.5 cm³/mol. The van der Waals surface area contributed by atoms with Gasteiger partial charge in [0, 0.05) is 18.1 Å². The smallest absolute Gasteiger partial charge is 0.0587 e. The van der Waals surface area contributed by atoms with Gasteiger partial charge in [0.2, 0.25) is 0 Å². The zero-order chi connectivity index (χ0) is 14.3. The Morgan fingerprint density at radius 1 is 1.32 bits per heavy atom. The minimum absolute atomic E-state index is 0.294. The van der Waals surface area contributed by atoms with Crippen LogP contribution in [0.2, 0.25) is 0 Å². The van der Waals surface area contributed by atoms with E-state index in [4.69, 9.17) is 4.74 Å². The highest BCUT2D eigenvalue weighted by Gasteiger charge is 2.24. The number of methoxy groups -OCH3 is 1. The van der Waals surface area contributed by atoms with Crippen molar-refractivity contribution in [2.75, 3.05) is 26.8 Å². The van der Waals surface area contributed by atoms with Crippen molar-refractivity contribution in [3.05, 3.63) is 34.3 Å². The zero-order valence-corrected chi connectivity index (χ0v) is 14.1. The predicted octanol–water partition coefficient (Wildman–Crippen LogP) is 3.89. The fourth-order valence-electron chi connectivity index (χ4n) is 2.08. The van der Waals surface area contributed by atoms with Crippen LogP contribution in [-0.2, 0) is 11.2 Å². The van der Waals surface area contributed by atoms with Gasteiger partial charge in [-0.3, -0.25) is 0 Å². The van der Waals surface area contributed by atoms with E-state index in [9.17, 15) is 0 Å². The molecule has 19 heavy (non-hydrogen) atoms. The fraction of sp³-hybridized carbons (Fsp3) is 0.625. The van der Waals surface area contributed by atoms with Crippen molar-refractivity contribution in [2.24, 2.45) is 11.3 Å². The van der Waals surface area contributed by atoms with Gasteiger partial charge >= 0.3 is 0 Å². The van der Waals surface area contributed by atoms with E-state index >= 15 is 0 Å². The maximum Gasteiger partial charge on any atom is 0.0587 e. The molecule has 1 aromatic rings. The number of rotatable bonds is 7. The van der Waals surface area contributed by atoms with E-state index in [1.54, 1.807) is 7.11 Å². The minimum Gasteiger partial charge on any atom is -0.383 e. The van der Waals surface area contributed by atoms with Crippen LogP contribution in [0.4, 0.5) is 0 Å². The molecule has 2 nitrogen and oxygen atoms in total. The molecule has 1 rings (SSSR count). The lowest BCUT2D eigenvalue weighted by Gasteiger charge is -2.31. The highest BCUT2D eigenvalue weighted by Crippen LogP contribution is 2.29. The van der Waals surface area contributed by atoms with Crippen LogP contribution in [0.3, 0.4) is 0 Å².